The zero-order chi connectivity index (χ0) is 21.6. The van der Waals surface area contributed by atoms with Crippen LogP contribution in [0.5, 0.6) is 0 Å². The van der Waals surface area contributed by atoms with E-state index in [9.17, 15) is 9.59 Å². The van der Waals surface area contributed by atoms with E-state index in [1.807, 2.05) is 30.3 Å². The van der Waals surface area contributed by atoms with E-state index in [4.69, 9.17) is 10.2 Å². The Balaban J connectivity index is 1.51. The van der Waals surface area contributed by atoms with Crippen molar-refractivity contribution in [2.45, 2.75) is 12.8 Å². The molecule has 2 amide bonds. The van der Waals surface area contributed by atoms with Crippen LogP contribution >= 0.6 is 11.3 Å². The van der Waals surface area contributed by atoms with Gasteiger partial charge < -0.3 is 0 Å². The van der Waals surface area contributed by atoms with E-state index in [0.717, 1.165) is 34.1 Å². The van der Waals surface area contributed by atoms with Crippen molar-refractivity contribution in [1.29, 1.82) is 0 Å². The summed E-state index contributed by atoms with van der Waals surface area (Å²) >= 11 is 1.54. The summed E-state index contributed by atoms with van der Waals surface area (Å²) in [4.78, 5) is 34.9. The first-order valence-electron chi connectivity index (χ1n) is 9.78. The number of hydrogen-bond acceptors (Lipinski definition) is 6. The number of rotatable bonds is 5. The van der Waals surface area contributed by atoms with E-state index in [1.54, 1.807) is 29.2 Å². The van der Waals surface area contributed by atoms with Crippen LogP contribution in [0.3, 0.4) is 0 Å². The molecule has 8 heteroatoms. The van der Waals surface area contributed by atoms with Crippen LogP contribution in [0.1, 0.15) is 23.5 Å². The lowest BCUT2D eigenvalue weighted by molar-refractivity contribution is -0.124. The maximum atomic E-state index is 12.9. The van der Waals surface area contributed by atoms with Crippen LogP contribution in [-0.2, 0) is 16.0 Å². The smallest absolute Gasteiger partial charge is 0.267 e. The number of anilines is 1. The SMILES string of the molecule is O=C(C=Cc1cccc(C=CC(=O)N2CCCc3nc(-c4ccccc4)sc32)n1)NO. The molecule has 0 aliphatic carbocycles. The minimum absolute atomic E-state index is 0.119. The number of nitrogens with zero attached hydrogens (tertiary/aromatic N) is 3. The third-order valence-electron chi connectivity index (χ3n) is 4.71. The molecule has 3 aromatic rings. The zero-order valence-corrected chi connectivity index (χ0v) is 17.4. The van der Waals surface area contributed by atoms with Crippen molar-refractivity contribution in [2.24, 2.45) is 0 Å². The molecule has 0 spiro atoms. The predicted octanol–water partition coefficient (Wildman–Crippen LogP) is 3.72. The highest BCUT2D eigenvalue weighted by molar-refractivity contribution is 7.19. The summed E-state index contributed by atoms with van der Waals surface area (Å²) in [5.74, 6) is -0.759. The zero-order valence-electron chi connectivity index (χ0n) is 16.6. The number of amides is 2. The number of carbonyl (C=O) groups is 2. The molecular weight excluding hydrogens is 412 g/mol. The average Bonchev–Trinajstić information content (AvgIpc) is 3.26. The lowest BCUT2D eigenvalue weighted by Gasteiger charge is -2.24. The molecule has 2 N–H and O–H groups in total. The summed E-state index contributed by atoms with van der Waals surface area (Å²) in [5.41, 5.74) is 4.66. The number of fused-ring (bicyclic) bond motifs is 1. The number of aryl methyl sites for hydroxylation is 1. The standard InChI is InChI=1S/C23H20N4O3S/c28-20(26-30)13-11-17-8-4-9-18(24-17)12-14-21(29)27-15-5-10-19-23(27)31-22(25-19)16-6-2-1-3-7-16/h1-4,6-9,11-14,30H,5,10,15H2,(H,26,28). The molecule has 1 aliphatic rings. The quantitative estimate of drug-likeness (QED) is 0.364. The van der Waals surface area contributed by atoms with Crippen LogP contribution in [0, 0.1) is 0 Å². The molecule has 2 aromatic heterocycles. The molecule has 0 radical (unpaired) electrons. The van der Waals surface area contributed by atoms with Crippen molar-refractivity contribution in [3.63, 3.8) is 0 Å². The summed E-state index contributed by atoms with van der Waals surface area (Å²) in [6.07, 6.45) is 7.54. The van der Waals surface area contributed by atoms with E-state index in [1.165, 1.54) is 35.0 Å². The van der Waals surface area contributed by atoms with Gasteiger partial charge in [0, 0.05) is 24.3 Å². The molecule has 0 atom stereocenters. The van der Waals surface area contributed by atoms with Gasteiger partial charge in [-0.1, -0.05) is 47.7 Å². The number of benzene rings is 1. The summed E-state index contributed by atoms with van der Waals surface area (Å²) in [6, 6.07) is 15.2. The minimum Gasteiger partial charge on any atom is -0.299 e. The Hall–Kier alpha value is -3.62. The second-order valence-corrected chi connectivity index (χ2v) is 7.84. The van der Waals surface area contributed by atoms with Gasteiger partial charge in [0.2, 0.25) is 0 Å². The van der Waals surface area contributed by atoms with Gasteiger partial charge in [0.05, 0.1) is 17.1 Å². The predicted molar refractivity (Wildman–Crippen MR) is 120 cm³/mol. The van der Waals surface area contributed by atoms with Crippen LogP contribution in [0.15, 0.2) is 60.7 Å². The second-order valence-electron chi connectivity index (χ2n) is 6.86. The first kappa shape index (κ1) is 20.6. The monoisotopic (exact) mass is 432 g/mol. The van der Waals surface area contributed by atoms with E-state index in [-0.39, 0.29) is 5.91 Å². The van der Waals surface area contributed by atoms with Crippen LogP contribution in [0.2, 0.25) is 0 Å². The van der Waals surface area contributed by atoms with E-state index in [2.05, 4.69) is 4.98 Å². The first-order chi connectivity index (χ1) is 15.1. The summed E-state index contributed by atoms with van der Waals surface area (Å²) in [6.45, 7) is 0.652. The third-order valence-corrected chi connectivity index (χ3v) is 5.88. The van der Waals surface area contributed by atoms with Crippen LogP contribution in [0.4, 0.5) is 5.00 Å². The van der Waals surface area contributed by atoms with Gasteiger partial charge in [-0.05, 0) is 37.1 Å². The van der Waals surface area contributed by atoms with Crippen LogP contribution in [0.25, 0.3) is 22.7 Å². The van der Waals surface area contributed by atoms with Crippen molar-refractivity contribution < 1.29 is 14.8 Å². The maximum Gasteiger partial charge on any atom is 0.267 e. The average molecular weight is 433 g/mol. The van der Waals surface area contributed by atoms with Crippen molar-refractivity contribution >= 4 is 40.3 Å². The largest absolute Gasteiger partial charge is 0.299 e. The molecule has 0 fully saturated rings. The van der Waals surface area contributed by atoms with E-state index < -0.39 is 5.91 Å². The fourth-order valence-electron chi connectivity index (χ4n) is 3.24. The molecule has 4 rings (SSSR count). The number of nitrogens with one attached hydrogen (secondary N) is 1. The summed E-state index contributed by atoms with van der Waals surface area (Å²) in [7, 11) is 0. The number of hydrogen-bond donors (Lipinski definition) is 2. The third kappa shape index (κ3) is 4.93. The fraction of sp³-hybridized carbons (Fsp3) is 0.130. The second kappa shape index (κ2) is 9.46. The molecule has 0 bridgehead atoms. The molecule has 31 heavy (non-hydrogen) atoms. The van der Waals surface area contributed by atoms with Crippen molar-refractivity contribution in [1.82, 2.24) is 15.4 Å². The fourth-order valence-corrected chi connectivity index (χ4v) is 4.39. The Kier molecular flexibility index (Phi) is 6.30. The topological polar surface area (TPSA) is 95.4 Å². The Morgan fingerprint density at radius 2 is 1.74 bits per heavy atom. The highest BCUT2D eigenvalue weighted by atomic mass is 32.1. The Morgan fingerprint density at radius 1 is 1.00 bits per heavy atom. The molecule has 7 nitrogen and oxygen atoms in total. The molecule has 0 saturated carbocycles. The first-order valence-corrected chi connectivity index (χ1v) is 10.6. The van der Waals surface area contributed by atoms with Gasteiger partial charge in [-0.3, -0.25) is 19.7 Å². The number of hydroxylamine groups is 1. The molecule has 0 saturated heterocycles. The number of aromatic nitrogens is 2. The van der Waals surface area contributed by atoms with E-state index in [0.29, 0.717) is 17.9 Å². The maximum absolute atomic E-state index is 12.9. The van der Waals surface area contributed by atoms with E-state index >= 15 is 0 Å². The minimum atomic E-state index is -0.641. The Labute approximate surface area is 183 Å². The van der Waals surface area contributed by atoms with Gasteiger partial charge in [-0.15, -0.1) is 0 Å². The van der Waals surface area contributed by atoms with Gasteiger partial charge in [0.15, 0.2) is 0 Å². The molecule has 0 unspecified atom stereocenters. The normalized spacial score (nSPS) is 13.5. The molecule has 156 valence electrons. The van der Waals surface area contributed by atoms with Gasteiger partial charge >= 0.3 is 0 Å². The van der Waals surface area contributed by atoms with Crippen molar-refractivity contribution in [3.8, 4) is 10.6 Å². The molecular formula is C23H20N4O3S. The lowest BCUT2D eigenvalue weighted by atomic mass is 10.1. The molecule has 1 aliphatic heterocycles. The van der Waals surface area contributed by atoms with Crippen molar-refractivity contribution in [3.05, 3.63) is 77.8 Å². The van der Waals surface area contributed by atoms with Crippen molar-refractivity contribution in [2.75, 3.05) is 11.4 Å². The van der Waals surface area contributed by atoms with Gasteiger partial charge in [0.1, 0.15) is 10.0 Å². The number of thiazole rings is 1. The van der Waals surface area contributed by atoms with Crippen LogP contribution in [-0.4, -0.2) is 33.5 Å². The highest BCUT2D eigenvalue weighted by Gasteiger charge is 2.25. The van der Waals surface area contributed by atoms with Crippen LogP contribution < -0.4 is 10.4 Å². The number of pyridine rings is 1. The summed E-state index contributed by atoms with van der Waals surface area (Å²) < 4.78 is 0. The summed E-state index contributed by atoms with van der Waals surface area (Å²) in [5, 5.41) is 10.4. The van der Waals surface area contributed by atoms with Gasteiger partial charge in [-0.25, -0.2) is 15.4 Å². The van der Waals surface area contributed by atoms with Gasteiger partial charge in [0.25, 0.3) is 11.8 Å². The Bertz CT molecular complexity index is 1150. The molecule has 3 heterocycles. The van der Waals surface area contributed by atoms with Gasteiger partial charge in [-0.2, -0.15) is 0 Å². The molecule has 1 aromatic carbocycles. The Morgan fingerprint density at radius 3 is 2.48 bits per heavy atom. The number of carbonyl (C=O) groups excluding carboxylic acids is 2. The highest BCUT2D eigenvalue weighted by Crippen LogP contribution is 2.38. The lowest BCUT2D eigenvalue weighted by Crippen LogP contribution is -2.33.